The van der Waals surface area contributed by atoms with Crippen molar-refractivity contribution in [3.63, 3.8) is 0 Å². The van der Waals surface area contributed by atoms with E-state index in [1.54, 1.807) is 36.4 Å². The van der Waals surface area contributed by atoms with Gasteiger partial charge in [-0.05, 0) is 34.7 Å². The van der Waals surface area contributed by atoms with Gasteiger partial charge in [-0.1, -0.05) is 48.5 Å². The lowest BCUT2D eigenvalue weighted by Gasteiger charge is -2.17. The van der Waals surface area contributed by atoms with Crippen LogP contribution in [0.3, 0.4) is 0 Å². The van der Waals surface area contributed by atoms with Gasteiger partial charge in [-0.25, -0.2) is 4.79 Å². The van der Waals surface area contributed by atoms with E-state index in [-0.39, 0.29) is 12.5 Å². The summed E-state index contributed by atoms with van der Waals surface area (Å²) in [4.78, 5) is 25.6. The zero-order valence-electron chi connectivity index (χ0n) is 15.0. The molecule has 140 valence electrons. The number of nitriles is 1. The molecule has 0 bridgehead atoms. The molecule has 0 fully saturated rings. The van der Waals surface area contributed by atoms with E-state index >= 15 is 0 Å². The van der Waals surface area contributed by atoms with Crippen molar-refractivity contribution in [1.82, 2.24) is 5.32 Å². The van der Waals surface area contributed by atoms with Crippen molar-refractivity contribution in [2.45, 2.75) is 19.1 Å². The molecule has 2 aromatic carbocycles. The third kappa shape index (κ3) is 5.29. The Morgan fingerprint density at radius 2 is 1.75 bits per heavy atom. The van der Waals surface area contributed by atoms with E-state index in [0.29, 0.717) is 16.9 Å². The molecule has 28 heavy (non-hydrogen) atoms. The van der Waals surface area contributed by atoms with E-state index in [1.807, 2.05) is 41.8 Å². The molecule has 0 saturated heterocycles. The SMILES string of the molecule is N#Cc1ccc(COC(=O)[C@H](Cc2ccccc2)NC(=O)c2cccs2)cc1. The first kappa shape index (κ1) is 19.3. The number of nitrogens with zero attached hydrogens (tertiary/aromatic N) is 1. The predicted molar refractivity (Wildman–Crippen MR) is 107 cm³/mol. The molecule has 0 unspecified atom stereocenters. The first-order chi connectivity index (χ1) is 13.7. The second-order valence-corrected chi connectivity index (χ2v) is 7.06. The van der Waals surface area contributed by atoms with Crippen molar-refractivity contribution in [2.75, 3.05) is 0 Å². The van der Waals surface area contributed by atoms with Gasteiger partial charge in [0.15, 0.2) is 0 Å². The summed E-state index contributed by atoms with van der Waals surface area (Å²) in [5.74, 6) is -0.802. The highest BCUT2D eigenvalue weighted by Gasteiger charge is 2.24. The Kier molecular flexibility index (Phi) is 6.55. The van der Waals surface area contributed by atoms with Crippen molar-refractivity contribution < 1.29 is 14.3 Å². The zero-order valence-corrected chi connectivity index (χ0v) is 15.8. The molecule has 3 aromatic rings. The monoisotopic (exact) mass is 390 g/mol. The van der Waals surface area contributed by atoms with Crippen LogP contribution in [0.2, 0.25) is 0 Å². The van der Waals surface area contributed by atoms with Crippen molar-refractivity contribution >= 4 is 23.2 Å². The summed E-state index contributed by atoms with van der Waals surface area (Å²) in [6, 6.07) is 21.0. The van der Waals surface area contributed by atoms with Gasteiger partial charge in [0.1, 0.15) is 12.6 Å². The molecule has 5 nitrogen and oxygen atoms in total. The number of amides is 1. The highest BCUT2D eigenvalue weighted by Crippen LogP contribution is 2.12. The Morgan fingerprint density at radius 3 is 2.39 bits per heavy atom. The topological polar surface area (TPSA) is 79.2 Å². The number of carbonyl (C=O) groups is 2. The first-order valence-corrected chi connectivity index (χ1v) is 9.57. The number of benzene rings is 2. The average Bonchev–Trinajstić information content (AvgIpc) is 3.28. The minimum absolute atomic E-state index is 0.0741. The Balaban J connectivity index is 1.68. The Labute approximate surface area is 167 Å². The van der Waals surface area contributed by atoms with E-state index in [2.05, 4.69) is 5.32 Å². The predicted octanol–water partition coefficient (Wildman–Crippen LogP) is 3.70. The molecular weight excluding hydrogens is 372 g/mol. The first-order valence-electron chi connectivity index (χ1n) is 8.69. The molecule has 0 aliphatic carbocycles. The maximum Gasteiger partial charge on any atom is 0.329 e. The van der Waals surface area contributed by atoms with Gasteiger partial charge in [0.05, 0.1) is 16.5 Å². The van der Waals surface area contributed by atoms with Crippen LogP contribution in [0.25, 0.3) is 0 Å². The van der Waals surface area contributed by atoms with Crippen LogP contribution < -0.4 is 5.32 Å². The number of hydrogen-bond donors (Lipinski definition) is 1. The van der Waals surface area contributed by atoms with Gasteiger partial charge in [0.25, 0.3) is 5.91 Å². The zero-order chi connectivity index (χ0) is 19.8. The van der Waals surface area contributed by atoms with Gasteiger partial charge < -0.3 is 10.1 Å². The number of hydrogen-bond acceptors (Lipinski definition) is 5. The van der Waals surface area contributed by atoms with E-state index in [1.165, 1.54) is 11.3 Å². The fourth-order valence-corrected chi connectivity index (χ4v) is 3.24. The summed E-state index contributed by atoms with van der Waals surface area (Å²) in [7, 11) is 0. The minimum atomic E-state index is -0.796. The van der Waals surface area contributed by atoms with Crippen molar-refractivity contribution in [3.8, 4) is 6.07 Å². The summed E-state index contributed by atoms with van der Waals surface area (Å²) in [6.07, 6.45) is 0.337. The molecule has 0 spiro atoms. The quantitative estimate of drug-likeness (QED) is 0.624. The Bertz CT molecular complexity index is 961. The van der Waals surface area contributed by atoms with Crippen molar-refractivity contribution in [2.24, 2.45) is 0 Å². The highest BCUT2D eigenvalue weighted by atomic mass is 32.1. The van der Waals surface area contributed by atoms with E-state index in [0.717, 1.165) is 11.1 Å². The van der Waals surface area contributed by atoms with Gasteiger partial charge in [-0.2, -0.15) is 5.26 Å². The number of thiophene rings is 1. The van der Waals surface area contributed by atoms with Gasteiger partial charge in [-0.15, -0.1) is 11.3 Å². The number of carbonyl (C=O) groups excluding carboxylic acids is 2. The van der Waals surface area contributed by atoms with E-state index < -0.39 is 12.0 Å². The summed E-state index contributed by atoms with van der Waals surface area (Å²) in [5.41, 5.74) is 2.24. The Hall–Kier alpha value is -3.43. The number of esters is 1. The maximum absolute atomic E-state index is 12.7. The van der Waals surface area contributed by atoms with Crippen LogP contribution in [-0.4, -0.2) is 17.9 Å². The lowest BCUT2D eigenvalue weighted by Crippen LogP contribution is -2.43. The second-order valence-electron chi connectivity index (χ2n) is 6.11. The molecule has 0 radical (unpaired) electrons. The third-order valence-electron chi connectivity index (χ3n) is 4.08. The van der Waals surface area contributed by atoms with Crippen molar-refractivity contribution in [1.29, 1.82) is 5.26 Å². The fraction of sp³-hybridized carbons (Fsp3) is 0.136. The fourth-order valence-electron chi connectivity index (χ4n) is 2.61. The van der Waals surface area contributed by atoms with Crippen molar-refractivity contribution in [3.05, 3.63) is 93.7 Å². The summed E-state index contributed by atoms with van der Waals surface area (Å²) >= 11 is 1.31. The molecule has 1 aromatic heterocycles. The molecule has 0 aliphatic heterocycles. The van der Waals surface area contributed by atoms with Crippen LogP contribution >= 0.6 is 11.3 Å². The molecular formula is C22H18N2O3S. The molecule has 0 saturated carbocycles. The molecule has 1 atom stereocenters. The molecule has 1 N–H and O–H groups in total. The molecule has 1 heterocycles. The number of nitrogens with one attached hydrogen (secondary N) is 1. The summed E-state index contributed by atoms with van der Waals surface area (Å²) in [5, 5.41) is 13.4. The minimum Gasteiger partial charge on any atom is -0.459 e. The van der Waals surface area contributed by atoms with Gasteiger partial charge in [0.2, 0.25) is 0 Å². The normalized spacial score (nSPS) is 11.2. The smallest absolute Gasteiger partial charge is 0.329 e. The summed E-state index contributed by atoms with van der Waals surface area (Å²) < 4.78 is 5.42. The standard InChI is InChI=1S/C22H18N2O3S/c23-14-17-8-10-18(11-9-17)15-27-22(26)19(13-16-5-2-1-3-6-16)24-21(25)20-7-4-12-28-20/h1-12,19H,13,15H2,(H,24,25)/t19-/m0/s1. The maximum atomic E-state index is 12.7. The highest BCUT2D eigenvalue weighted by molar-refractivity contribution is 7.12. The number of rotatable bonds is 7. The largest absolute Gasteiger partial charge is 0.459 e. The van der Waals surface area contributed by atoms with Crippen LogP contribution in [0, 0.1) is 11.3 Å². The van der Waals surface area contributed by atoms with Gasteiger partial charge in [-0.3, -0.25) is 4.79 Å². The third-order valence-corrected chi connectivity index (χ3v) is 4.95. The molecule has 0 aliphatic rings. The molecule has 3 rings (SSSR count). The van der Waals surface area contributed by atoms with Crippen LogP contribution in [0.4, 0.5) is 0 Å². The van der Waals surface area contributed by atoms with Gasteiger partial charge >= 0.3 is 5.97 Å². The number of ether oxygens (including phenoxy) is 1. The molecule has 6 heteroatoms. The summed E-state index contributed by atoms with van der Waals surface area (Å²) in [6.45, 7) is 0.0741. The van der Waals surface area contributed by atoms with Crippen LogP contribution in [0.1, 0.15) is 26.4 Å². The Morgan fingerprint density at radius 1 is 1.00 bits per heavy atom. The second kappa shape index (κ2) is 9.49. The average molecular weight is 390 g/mol. The lowest BCUT2D eigenvalue weighted by molar-refractivity contribution is -0.147. The van der Waals surface area contributed by atoms with Gasteiger partial charge in [0, 0.05) is 6.42 Å². The molecule has 1 amide bonds. The van der Waals surface area contributed by atoms with E-state index in [9.17, 15) is 9.59 Å². The van der Waals surface area contributed by atoms with E-state index in [4.69, 9.17) is 10.00 Å². The van der Waals surface area contributed by atoms with Crippen LogP contribution in [0.5, 0.6) is 0 Å². The van der Waals surface area contributed by atoms with Crippen LogP contribution in [0.15, 0.2) is 72.1 Å². The van der Waals surface area contributed by atoms with Crippen LogP contribution in [-0.2, 0) is 22.6 Å². The lowest BCUT2D eigenvalue weighted by atomic mass is 10.1.